The van der Waals surface area contributed by atoms with Crippen LogP contribution in [-0.4, -0.2) is 11.2 Å². The Morgan fingerprint density at radius 1 is 1.22 bits per heavy atom. The van der Waals surface area contributed by atoms with Crippen LogP contribution in [0.15, 0.2) is 11.1 Å². The molecule has 3 nitrogen and oxygen atoms in total. The third kappa shape index (κ3) is 1.78. The Bertz CT molecular complexity index is 533. The van der Waals surface area contributed by atoms with Crippen LogP contribution >= 0.6 is 0 Å². The number of hydrogen-bond donors (Lipinski definition) is 1. The number of phenols is 1. The number of halogens is 3. The van der Waals surface area contributed by atoms with E-state index >= 15 is 0 Å². The minimum Gasteiger partial charge on any atom is -0.504 e. The van der Waals surface area contributed by atoms with E-state index in [0.717, 1.165) is 0 Å². The number of hydrogen-bond acceptors (Lipinski definition) is 3. The molecule has 0 aromatic heterocycles. The summed E-state index contributed by atoms with van der Waals surface area (Å²) in [5.74, 6) is -5.79. The van der Waals surface area contributed by atoms with E-state index in [0.29, 0.717) is 31.7 Å². The van der Waals surface area contributed by atoms with Crippen LogP contribution < -0.4 is 0 Å². The van der Waals surface area contributed by atoms with Gasteiger partial charge in [-0.1, -0.05) is 12.8 Å². The van der Waals surface area contributed by atoms with Crippen molar-refractivity contribution in [3.8, 4) is 5.75 Å². The average molecular weight is 257 g/mol. The monoisotopic (exact) mass is 257 g/mol. The van der Waals surface area contributed by atoms with Crippen molar-refractivity contribution >= 4 is 6.08 Å². The normalized spacial score (nSPS) is 17.5. The van der Waals surface area contributed by atoms with Gasteiger partial charge in [0, 0.05) is 5.56 Å². The summed E-state index contributed by atoms with van der Waals surface area (Å²) in [6.45, 7) is 0. The van der Waals surface area contributed by atoms with E-state index in [9.17, 15) is 23.1 Å². The summed E-state index contributed by atoms with van der Waals surface area (Å²) < 4.78 is 39.5. The number of nitrogens with zero attached hydrogens (tertiary/aromatic N) is 1. The van der Waals surface area contributed by atoms with E-state index < -0.39 is 28.7 Å². The minimum absolute atomic E-state index is 0.195. The van der Waals surface area contributed by atoms with Gasteiger partial charge in [-0.15, -0.1) is 0 Å². The number of carbonyl (C=O) groups excluding carboxylic acids is 1. The zero-order valence-corrected chi connectivity index (χ0v) is 9.34. The smallest absolute Gasteiger partial charge is 0.235 e. The predicted molar refractivity (Wildman–Crippen MR) is 56.2 cm³/mol. The van der Waals surface area contributed by atoms with Gasteiger partial charge in [-0.2, -0.15) is 9.38 Å². The predicted octanol–water partition coefficient (Wildman–Crippen LogP) is 2.91. The van der Waals surface area contributed by atoms with Gasteiger partial charge in [0.05, 0.1) is 0 Å². The lowest BCUT2D eigenvalue weighted by Crippen LogP contribution is -2.20. The molecule has 96 valence electrons. The van der Waals surface area contributed by atoms with E-state index in [1.165, 1.54) is 6.08 Å². The molecule has 0 unspecified atom stereocenters. The highest BCUT2D eigenvalue weighted by atomic mass is 19.2. The molecule has 1 saturated carbocycles. The maximum absolute atomic E-state index is 13.3. The zero-order chi connectivity index (χ0) is 13.3. The fraction of sp³-hybridized carbons (Fsp3) is 0.417. The van der Waals surface area contributed by atoms with E-state index in [2.05, 4.69) is 4.99 Å². The standard InChI is InChI=1S/C12H10F3NO2/c13-8-5-7(11(18)10(15)9(8)14)12(16-6-17)3-1-2-4-12/h5,18H,1-4H2. The van der Waals surface area contributed by atoms with Crippen LogP contribution in [0.25, 0.3) is 0 Å². The van der Waals surface area contributed by atoms with E-state index in [4.69, 9.17) is 0 Å². The van der Waals surface area contributed by atoms with Gasteiger partial charge in [-0.25, -0.2) is 13.6 Å². The first-order valence-corrected chi connectivity index (χ1v) is 5.48. The largest absolute Gasteiger partial charge is 0.504 e. The van der Waals surface area contributed by atoms with Gasteiger partial charge in [0.1, 0.15) is 5.54 Å². The number of aromatic hydroxyl groups is 1. The topological polar surface area (TPSA) is 49.7 Å². The molecular formula is C12H10F3NO2. The molecule has 18 heavy (non-hydrogen) atoms. The zero-order valence-electron chi connectivity index (χ0n) is 9.34. The van der Waals surface area contributed by atoms with Crippen molar-refractivity contribution in [1.29, 1.82) is 0 Å². The first kappa shape index (κ1) is 12.6. The fourth-order valence-electron chi connectivity index (χ4n) is 2.43. The van der Waals surface area contributed by atoms with Crippen LogP contribution in [0, 0.1) is 17.5 Å². The van der Waals surface area contributed by atoms with Crippen LogP contribution in [-0.2, 0) is 10.3 Å². The highest BCUT2D eigenvalue weighted by molar-refractivity contribution is 5.45. The molecule has 2 rings (SSSR count). The molecule has 1 aliphatic rings. The van der Waals surface area contributed by atoms with Crippen molar-refractivity contribution < 1.29 is 23.1 Å². The molecule has 0 saturated heterocycles. The molecule has 1 aliphatic carbocycles. The van der Waals surface area contributed by atoms with Crippen LogP contribution in [0.3, 0.4) is 0 Å². The fourth-order valence-corrected chi connectivity index (χ4v) is 2.43. The molecule has 0 heterocycles. The average Bonchev–Trinajstić information content (AvgIpc) is 2.81. The molecule has 0 bridgehead atoms. The van der Waals surface area contributed by atoms with Gasteiger partial charge < -0.3 is 5.11 Å². The van der Waals surface area contributed by atoms with Gasteiger partial charge in [0.25, 0.3) is 0 Å². The van der Waals surface area contributed by atoms with Crippen molar-refractivity contribution in [2.75, 3.05) is 0 Å². The van der Waals surface area contributed by atoms with Crippen LogP contribution in [0.2, 0.25) is 0 Å². The second kappa shape index (κ2) is 4.46. The van der Waals surface area contributed by atoms with Crippen LogP contribution in [0.5, 0.6) is 5.75 Å². The number of benzene rings is 1. The minimum atomic E-state index is -1.74. The van der Waals surface area contributed by atoms with Gasteiger partial charge in [0.15, 0.2) is 17.4 Å². The maximum Gasteiger partial charge on any atom is 0.235 e. The Labute approximate surface area is 101 Å². The summed E-state index contributed by atoms with van der Waals surface area (Å²) in [4.78, 5) is 14.0. The third-order valence-electron chi connectivity index (χ3n) is 3.33. The van der Waals surface area contributed by atoms with Crippen LogP contribution in [0.1, 0.15) is 31.2 Å². The summed E-state index contributed by atoms with van der Waals surface area (Å²) >= 11 is 0. The van der Waals surface area contributed by atoms with E-state index in [-0.39, 0.29) is 5.56 Å². The molecule has 0 aliphatic heterocycles. The van der Waals surface area contributed by atoms with Crippen molar-refractivity contribution in [3.63, 3.8) is 0 Å². The number of phenolic OH excluding ortho intramolecular Hbond substituents is 1. The molecule has 6 heteroatoms. The van der Waals surface area contributed by atoms with Gasteiger partial charge in [-0.3, -0.25) is 0 Å². The second-order valence-electron chi connectivity index (χ2n) is 4.32. The lowest BCUT2D eigenvalue weighted by molar-refractivity contribution is 0.356. The number of aliphatic imine (C=N–C) groups is 1. The third-order valence-corrected chi connectivity index (χ3v) is 3.33. The Kier molecular flexibility index (Phi) is 3.13. The first-order chi connectivity index (χ1) is 8.52. The molecule has 0 spiro atoms. The van der Waals surface area contributed by atoms with Crippen molar-refractivity contribution in [2.45, 2.75) is 31.2 Å². The molecule has 1 fully saturated rings. The summed E-state index contributed by atoms with van der Waals surface area (Å²) in [6.07, 6.45) is 3.48. The summed E-state index contributed by atoms with van der Waals surface area (Å²) in [5.41, 5.74) is -1.39. The Balaban J connectivity index is 2.66. The van der Waals surface area contributed by atoms with Crippen molar-refractivity contribution in [2.24, 2.45) is 4.99 Å². The van der Waals surface area contributed by atoms with Crippen molar-refractivity contribution in [1.82, 2.24) is 0 Å². The van der Waals surface area contributed by atoms with E-state index in [1.54, 1.807) is 0 Å². The number of rotatable bonds is 2. The molecule has 1 N–H and O–H groups in total. The van der Waals surface area contributed by atoms with Gasteiger partial charge >= 0.3 is 0 Å². The Morgan fingerprint density at radius 3 is 2.39 bits per heavy atom. The maximum atomic E-state index is 13.3. The van der Waals surface area contributed by atoms with E-state index in [1.807, 2.05) is 0 Å². The van der Waals surface area contributed by atoms with Crippen molar-refractivity contribution in [3.05, 3.63) is 29.1 Å². The molecule has 0 radical (unpaired) electrons. The quantitative estimate of drug-likeness (QED) is 0.503. The SMILES string of the molecule is O=C=NC1(c2cc(F)c(F)c(F)c2O)CCCC1. The second-order valence-corrected chi connectivity index (χ2v) is 4.32. The van der Waals surface area contributed by atoms with Crippen LogP contribution in [0.4, 0.5) is 13.2 Å². The van der Waals surface area contributed by atoms with Gasteiger partial charge in [0.2, 0.25) is 11.9 Å². The lowest BCUT2D eigenvalue weighted by Gasteiger charge is -2.24. The first-order valence-electron chi connectivity index (χ1n) is 5.48. The lowest BCUT2D eigenvalue weighted by atomic mass is 9.88. The summed E-state index contributed by atoms with van der Waals surface area (Å²) in [5, 5.41) is 9.58. The summed E-state index contributed by atoms with van der Waals surface area (Å²) in [7, 11) is 0. The molecule has 0 amide bonds. The molecule has 1 aromatic carbocycles. The van der Waals surface area contributed by atoms with Gasteiger partial charge in [-0.05, 0) is 18.9 Å². The highest BCUT2D eigenvalue weighted by Crippen LogP contribution is 2.46. The summed E-state index contributed by atoms with van der Waals surface area (Å²) in [6, 6.07) is 0.694. The number of isocyanates is 1. The molecular weight excluding hydrogens is 247 g/mol. The Morgan fingerprint density at radius 2 is 1.83 bits per heavy atom. The highest BCUT2D eigenvalue weighted by Gasteiger charge is 2.40. The molecule has 0 atom stereocenters. The molecule has 1 aromatic rings. The Hall–Kier alpha value is -1.81.